The van der Waals surface area contributed by atoms with E-state index in [0.717, 1.165) is 26.2 Å². The van der Waals surface area contributed by atoms with Crippen LogP contribution in [0.5, 0.6) is 0 Å². The summed E-state index contributed by atoms with van der Waals surface area (Å²) < 4.78 is 6.64. The highest BCUT2D eigenvalue weighted by Crippen LogP contribution is 2.21. The fraction of sp³-hybridized carbons (Fsp3) is 0.526. The largest absolute Gasteiger partial charge is 0.465 e. The number of likely N-dealkylation sites (N-methyl/N-ethyl adjacent to an activating group) is 1. The summed E-state index contributed by atoms with van der Waals surface area (Å²) >= 11 is 0. The molecule has 8 nitrogen and oxygen atoms in total. The highest BCUT2D eigenvalue weighted by atomic mass is 16.5. The molecule has 0 spiro atoms. The van der Waals surface area contributed by atoms with Gasteiger partial charge in [0.05, 0.1) is 31.1 Å². The number of amides is 1. The smallest absolute Gasteiger partial charge is 0.339 e. The second-order valence-electron chi connectivity index (χ2n) is 6.30. The van der Waals surface area contributed by atoms with E-state index in [2.05, 4.69) is 34.1 Å². The summed E-state index contributed by atoms with van der Waals surface area (Å²) in [7, 11) is 1.33. The number of aromatic nitrogens is 3. The number of hydrogen-bond donors (Lipinski definition) is 2. The van der Waals surface area contributed by atoms with Crippen LogP contribution in [0, 0.1) is 6.92 Å². The van der Waals surface area contributed by atoms with Crippen LogP contribution >= 0.6 is 0 Å². The van der Waals surface area contributed by atoms with Gasteiger partial charge in [0, 0.05) is 18.4 Å². The zero-order valence-corrected chi connectivity index (χ0v) is 16.8. The third-order valence-corrected chi connectivity index (χ3v) is 4.73. The molecule has 2 N–H and O–H groups in total. The molecule has 0 atom stereocenters. The number of hydrogen-bond acceptors (Lipinski definition) is 5. The monoisotopic (exact) mass is 375 g/mol. The molecule has 0 unspecified atom stereocenters. The predicted molar refractivity (Wildman–Crippen MR) is 104 cm³/mol. The molecule has 0 aromatic carbocycles. The summed E-state index contributed by atoms with van der Waals surface area (Å²) in [5, 5.41) is 7.13. The van der Waals surface area contributed by atoms with Gasteiger partial charge in [-0.05, 0) is 32.0 Å². The first-order valence-electron chi connectivity index (χ1n) is 9.30. The minimum atomic E-state index is -0.441. The summed E-state index contributed by atoms with van der Waals surface area (Å²) in [6, 6.07) is 0. The lowest BCUT2D eigenvalue weighted by atomic mass is 10.1. The number of nitrogens with zero attached hydrogens (tertiary/aromatic N) is 3. The first kappa shape index (κ1) is 20.7. The van der Waals surface area contributed by atoms with Gasteiger partial charge in [0.2, 0.25) is 0 Å². The van der Waals surface area contributed by atoms with Crippen molar-refractivity contribution in [1.29, 1.82) is 0 Å². The van der Waals surface area contributed by atoms with Crippen molar-refractivity contribution in [3.05, 3.63) is 34.9 Å². The van der Waals surface area contributed by atoms with Crippen molar-refractivity contribution in [2.75, 3.05) is 32.1 Å². The molecule has 0 saturated carbocycles. The van der Waals surface area contributed by atoms with E-state index in [0.29, 0.717) is 34.6 Å². The Hall–Kier alpha value is -2.61. The molecular weight excluding hydrogens is 346 g/mol. The van der Waals surface area contributed by atoms with Crippen molar-refractivity contribution in [2.24, 2.45) is 0 Å². The molecule has 0 aliphatic rings. The topological polar surface area (TPSA) is 92.3 Å². The summed E-state index contributed by atoms with van der Waals surface area (Å²) in [6.45, 7) is 11.6. The first-order valence-corrected chi connectivity index (χ1v) is 9.30. The molecule has 2 aromatic heterocycles. The van der Waals surface area contributed by atoms with Crippen molar-refractivity contribution >= 4 is 17.6 Å². The maximum absolute atomic E-state index is 12.7. The second-order valence-corrected chi connectivity index (χ2v) is 6.30. The molecule has 2 aromatic rings. The summed E-state index contributed by atoms with van der Waals surface area (Å²) in [6.07, 6.45) is 4.03. The van der Waals surface area contributed by atoms with Gasteiger partial charge in [-0.3, -0.25) is 9.48 Å². The zero-order chi connectivity index (χ0) is 20.0. The van der Waals surface area contributed by atoms with Gasteiger partial charge in [-0.15, -0.1) is 0 Å². The minimum absolute atomic E-state index is 0.305. The van der Waals surface area contributed by atoms with E-state index >= 15 is 0 Å². The summed E-state index contributed by atoms with van der Waals surface area (Å²) in [5.41, 5.74) is 2.69. The maximum Gasteiger partial charge on any atom is 0.339 e. The van der Waals surface area contributed by atoms with Crippen molar-refractivity contribution in [3.63, 3.8) is 0 Å². The van der Waals surface area contributed by atoms with E-state index in [1.807, 2.05) is 17.8 Å². The van der Waals surface area contributed by atoms with Crippen LogP contribution in [0.3, 0.4) is 0 Å². The lowest BCUT2D eigenvalue weighted by molar-refractivity contribution is 0.0599. The summed E-state index contributed by atoms with van der Waals surface area (Å²) in [5.74, 6) is -0.746. The van der Waals surface area contributed by atoms with Crippen molar-refractivity contribution < 1.29 is 14.3 Å². The van der Waals surface area contributed by atoms with E-state index in [1.165, 1.54) is 7.11 Å². The molecule has 8 heteroatoms. The van der Waals surface area contributed by atoms with Gasteiger partial charge >= 0.3 is 5.97 Å². The number of aromatic amines is 1. The Morgan fingerprint density at radius 2 is 2.00 bits per heavy atom. The average molecular weight is 375 g/mol. The fourth-order valence-electron chi connectivity index (χ4n) is 3.06. The van der Waals surface area contributed by atoms with Crippen LogP contribution in [0.2, 0.25) is 0 Å². The molecule has 2 heterocycles. The normalized spacial score (nSPS) is 11.0. The van der Waals surface area contributed by atoms with Crippen LogP contribution in [0.4, 0.5) is 5.69 Å². The van der Waals surface area contributed by atoms with Crippen LogP contribution in [0.25, 0.3) is 0 Å². The van der Waals surface area contributed by atoms with Crippen LogP contribution in [0.1, 0.15) is 52.9 Å². The number of nitrogens with one attached hydrogen (secondary N) is 2. The molecule has 0 fully saturated rings. The van der Waals surface area contributed by atoms with Gasteiger partial charge in [0.15, 0.2) is 0 Å². The van der Waals surface area contributed by atoms with Gasteiger partial charge in [0.1, 0.15) is 5.69 Å². The van der Waals surface area contributed by atoms with Gasteiger partial charge < -0.3 is 19.9 Å². The molecule has 148 valence electrons. The molecule has 2 rings (SSSR count). The number of methoxy groups -OCH3 is 1. The standard InChI is InChI=1S/C19H29N5O3/c1-6-15-16(19(26)27-5)13(4)17(22-15)18(25)21-14-11-20-24(12-14)10-9-23(7-2)8-3/h11-12,22H,6-10H2,1-5H3,(H,21,25). The SMILES string of the molecule is CCc1[nH]c(C(=O)Nc2cnn(CCN(CC)CC)c2)c(C)c1C(=O)OC. The van der Waals surface area contributed by atoms with E-state index in [9.17, 15) is 9.59 Å². The third kappa shape index (κ3) is 4.77. The first-order chi connectivity index (χ1) is 12.9. The number of rotatable bonds is 9. The molecule has 0 bridgehead atoms. The average Bonchev–Trinajstić information content (AvgIpc) is 3.25. The van der Waals surface area contributed by atoms with Crippen molar-refractivity contribution in [2.45, 2.75) is 40.7 Å². The van der Waals surface area contributed by atoms with Crippen molar-refractivity contribution in [3.8, 4) is 0 Å². The number of anilines is 1. The number of ether oxygens (including phenoxy) is 1. The van der Waals surface area contributed by atoms with Gasteiger partial charge in [-0.1, -0.05) is 20.8 Å². The quantitative estimate of drug-likeness (QED) is 0.657. The number of carbonyl (C=O) groups is 2. The Balaban J connectivity index is 2.10. The maximum atomic E-state index is 12.7. The number of H-pyrrole nitrogens is 1. The predicted octanol–water partition coefficient (Wildman–Crippen LogP) is 2.46. The fourth-order valence-corrected chi connectivity index (χ4v) is 3.06. The molecule has 27 heavy (non-hydrogen) atoms. The Labute approximate surface area is 159 Å². The Morgan fingerprint density at radius 1 is 1.30 bits per heavy atom. The molecule has 0 aliphatic heterocycles. The van der Waals surface area contributed by atoms with Crippen LogP contribution in [-0.4, -0.2) is 58.3 Å². The highest BCUT2D eigenvalue weighted by molar-refractivity contribution is 6.06. The van der Waals surface area contributed by atoms with E-state index in [-0.39, 0.29) is 5.91 Å². The lowest BCUT2D eigenvalue weighted by Gasteiger charge is -2.17. The highest BCUT2D eigenvalue weighted by Gasteiger charge is 2.23. The lowest BCUT2D eigenvalue weighted by Crippen LogP contribution is -2.27. The minimum Gasteiger partial charge on any atom is -0.465 e. The van der Waals surface area contributed by atoms with Crippen molar-refractivity contribution in [1.82, 2.24) is 19.7 Å². The van der Waals surface area contributed by atoms with E-state index in [1.54, 1.807) is 13.1 Å². The van der Waals surface area contributed by atoms with Gasteiger partial charge in [-0.25, -0.2) is 4.79 Å². The van der Waals surface area contributed by atoms with E-state index < -0.39 is 5.97 Å². The Morgan fingerprint density at radius 3 is 2.59 bits per heavy atom. The number of carbonyl (C=O) groups excluding carboxylic acids is 2. The molecule has 0 radical (unpaired) electrons. The van der Waals surface area contributed by atoms with Gasteiger partial charge in [-0.2, -0.15) is 5.10 Å². The molecule has 1 amide bonds. The van der Waals surface area contributed by atoms with Gasteiger partial charge in [0.25, 0.3) is 5.91 Å². The third-order valence-electron chi connectivity index (χ3n) is 4.73. The van der Waals surface area contributed by atoms with Crippen LogP contribution in [0.15, 0.2) is 12.4 Å². The van der Waals surface area contributed by atoms with E-state index in [4.69, 9.17) is 4.74 Å². The Kier molecular flexibility index (Phi) is 7.18. The molecule has 0 aliphatic carbocycles. The second kappa shape index (κ2) is 9.36. The van der Waals surface area contributed by atoms with Crippen LogP contribution in [-0.2, 0) is 17.7 Å². The number of esters is 1. The molecule has 0 saturated heterocycles. The summed E-state index contributed by atoms with van der Waals surface area (Å²) in [4.78, 5) is 30.0. The number of aryl methyl sites for hydroxylation is 1. The van der Waals surface area contributed by atoms with Crippen LogP contribution < -0.4 is 5.32 Å². The molecular formula is C19H29N5O3. The Bertz CT molecular complexity index is 789. The zero-order valence-electron chi connectivity index (χ0n) is 16.8.